The molecule has 2 heterocycles. The van der Waals surface area contributed by atoms with E-state index in [1.165, 1.54) is 13.2 Å². The van der Waals surface area contributed by atoms with Crippen molar-refractivity contribution in [3.8, 4) is 5.75 Å². The molecule has 1 N–H and O–H groups in total. The van der Waals surface area contributed by atoms with Crippen LogP contribution in [-0.2, 0) is 10.0 Å². The van der Waals surface area contributed by atoms with Gasteiger partial charge in [-0.25, -0.2) is 13.1 Å². The van der Waals surface area contributed by atoms with Crippen LogP contribution in [0.25, 0.3) is 0 Å². The van der Waals surface area contributed by atoms with Crippen molar-refractivity contribution in [2.24, 2.45) is 0 Å². The van der Waals surface area contributed by atoms with Gasteiger partial charge in [0.25, 0.3) is 0 Å². The van der Waals surface area contributed by atoms with Crippen molar-refractivity contribution in [2.45, 2.75) is 4.90 Å². The third-order valence-corrected chi connectivity index (χ3v) is 5.81. The van der Waals surface area contributed by atoms with Crippen LogP contribution in [0.2, 0.25) is 0 Å². The number of aromatic nitrogens is 1. The second kappa shape index (κ2) is 7.28. The van der Waals surface area contributed by atoms with Gasteiger partial charge in [0.15, 0.2) is 0 Å². The van der Waals surface area contributed by atoms with Crippen molar-refractivity contribution in [3.63, 3.8) is 0 Å². The molecule has 1 fully saturated rings. The van der Waals surface area contributed by atoms with Crippen LogP contribution in [0.15, 0.2) is 47.6 Å². The van der Waals surface area contributed by atoms with Gasteiger partial charge in [0.1, 0.15) is 10.6 Å². The van der Waals surface area contributed by atoms with Crippen LogP contribution < -0.4 is 19.3 Å². The molecule has 0 aliphatic carbocycles. The van der Waals surface area contributed by atoms with E-state index in [1.807, 2.05) is 24.3 Å². The van der Waals surface area contributed by atoms with Crippen LogP contribution in [0, 0.1) is 0 Å². The van der Waals surface area contributed by atoms with Gasteiger partial charge in [-0.05, 0) is 37.4 Å². The highest BCUT2D eigenvalue weighted by Gasteiger charge is 2.24. The molecule has 0 amide bonds. The Morgan fingerprint density at radius 1 is 1.04 bits per heavy atom. The number of methoxy groups -OCH3 is 1. The van der Waals surface area contributed by atoms with E-state index in [9.17, 15) is 8.42 Å². The number of nitrogens with one attached hydrogen (secondary N) is 1. The maximum Gasteiger partial charge on any atom is 0.243 e. The second-order valence-corrected chi connectivity index (χ2v) is 7.58. The van der Waals surface area contributed by atoms with Gasteiger partial charge in [0, 0.05) is 44.3 Å². The van der Waals surface area contributed by atoms with E-state index in [-0.39, 0.29) is 4.90 Å². The van der Waals surface area contributed by atoms with Crippen molar-refractivity contribution in [1.29, 1.82) is 0 Å². The largest absolute Gasteiger partial charge is 0.497 e. The van der Waals surface area contributed by atoms with Gasteiger partial charge in [-0.15, -0.1) is 0 Å². The summed E-state index contributed by atoms with van der Waals surface area (Å²) in [6.45, 7) is 3.10. The molecule has 2 aromatic rings. The Hall–Kier alpha value is -2.32. The molecule has 8 heteroatoms. The van der Waals surface area contributed by atoms with Crippen molar-refractivity contribution in [2.75, 3.05) is 50.1 Å². The Kier molecular flexibility index (Phi) is 5.10. The highest BCUT2D eigenvalue weighted by molar-refractivity contribution is 7.89. The summed E-state index contributed by atoms with van der Waals surface area (Å²) in [5, 5.41) is 0. The first-order valence-corrected chi connectivity index (χ1v) is 9.55. The first kappa shape index (κ1) is 17.5. The summed E-state index contributed by atoms with van der Waals surface area (Å²) in [4.78, 5) is 8.55. The highest BCUT2D eigenvalue weighted by Crippen LogP contribution is 2.26. The first-order valence-electron chi connectivity index (χ1n) is 8.06. The van der Waals surface area contributed by atoms with Crippen LogP contribution in [0.4, 0.5) is 11.4 Å². The fraction of sp³-hybridized carbons (Fsp3) is 0.353. The van der Waals surface area contributed by atoms with Crippen molar-refractivity contribution in [1.82, 2.24) is 9.71 Å². The molecule has 0 saturated carbocycles. The second-order valence-electron chi connectivity index (χ2n) is 5.72. The quantitative estimate of drug-likeness (QED) is 0.865. The van der Waals surface area contributed by atoms with Gasteiger partial charge in [-0.3, -0.25) is 4.98 Å². The Morgan fingerprint density at radius 2 is 1.68 bits per heavy atom. The third kappa shape index (κ3) is 3.69. The Bertz CT molecular complexity index is 816. The number of rotatable bonds is 5. The predicted molar refractivity (Wildman–Crippen MR) is 97.9 cm³/mol. The van der Waals surface area contributed by atoms with E-state index in [0.29, 0.717) is 5.69 Å². The first-order chi connectivity index (χ1) is 12.0. The molecule has 1 aliphatic heterocycles. The molecule has 3 rings (SSSR count). The van der Waals surface area contributed by atoms with Crippen LogP contribution in [0.5, 0.6) is 5.75 Å². The molecule has 1 aromatic heterocycles. The number of anilines is 2. The summed E-state index contributed by atoms with van der Waals surface area (Å²) in [5.74, 6) is 0.834. The minimum Gasteiger partial charge on any atom is -0.497 e. The average molecular weight is 362 g/mol. The van der Waals surface area contributed by atoms with E-state index >= 15 is 0 Å². The lowest BCUT2D eigenvalue weighted by Gasteiger charge is -2.38. The summed E-state index contributed by atoms with van der Waals surface area (Å²) < 4.78 is 32.0. The molecular formula is C17H22N4O3S. The summed E-state index contributed by atoms with van der Waals surface area (Å²) >= 11 is 0. The fourth-order valence-corrected chi connectivity index (χ4v) is 3.84. The van der Waals surface area contributed by atoms with Crippen molar-refractivity contribution >= 4 is 21.4 Å². The van der Waals surface area contributed by atoms with Gasteiger partial charge >= 0.3 is 0 Å². The molecule has 25 heavy (non-hydrogen) atoms. The smallest absolute Gasteiger partial charge is 0.243 e. The lowest BCUT2D eigenvalue weighted by atomic mass is 10.2. The van der Waals surface area contributed by atoms with Gasteiger partial charge < -0.3 is 14.5 Å². The lowest BCUT2D eigenvalue weighted by Crippen LogP contribution is -2.47. The molecule has 0 spiro atoms. The zero-order chi connectivity index (χ0) is 17.9. The summed E-state index contributed by atoms with van der Waals surface area (Å²) in [6, 6.07) is 9.73. The standard InChI is InChI=1S/C17H22N4O3S/c1-18-25(22,23)17-13-19-8-7-16(17)21-11-9-20(10-12-21)14-3-5-15(24-2)6-4-14/h3-8,13,18H,9-12H2,1-2H3. The molecule has 1 aliphatic rings. The van der Waals surface area contributed by atoms with E-state index in [2.05, 4.69) is 19.5 Å². The molecule has 1 saturated heterocycles. The summed E-state index contributed by atoms with van der Waals surface area (Å²) in [7, 11) is -0.471. The van der Waals surface area contributed by atoms with Crippen LogP contribution >= 0.6 is 0 Å². The number of sulfonamides is 1. The number of nitrogens with zero attached hydrogens (tertiary/aromatic N) is 3. The molecule has 7 nitrogen and oxygen atoms in total. The van der Waals surface area contributed by atoms with Crippen LogP contribution in [-0.4, -0.2) is 53.7 Å². The average Bonchev–Trinajstić information content (AvgIpc) is 2.68. The fourth-order valence-electron chi connectivity index (χ4n) is 2.95. The Morgan fingerprint density at radius 3 is 2.28 bits per heavy atom. The number of hydrogen-bond donors (Lipinski definition) is 1. The maximum atomic E-state index is 12.2. The number of hydrogen-bond acceptors (Lipinski definition) is 6. The van der Waals surface area contributed by atoms with Crippen LogP contribution in [0.1, 0.15) is 0 Å². The van der Waals surface area contributed by atoms with E-state index in [0.717, 1.165) is 37.6 Å². The molecule has 1 aromatic carbocycles. The van der Waals surface area contributed by atoms with Crippen LogP contribution in [0.3, 0.4) is 0 Å². The summed E-state index contributed by atoms with van der Waals surface area (Å²) in [5.41, 5.74) is 1.83. The third-order valence-electron chi connectivity index (χ3n) is 4.38. The molecule has 0 atom stereocenters. The van der Waals surface area contributed by atoms with Crippen molar-refractivity contribution < 1.29 is 13.2 Å². The number of pyridine rings is 1. The molecule has 0 bridgehead atoms. The number of piperazine rings is 1. The zero-order valence-electron chi connectivity index (χ0n) is 14.3. The highest BCUT2D eigenvalue weighted by atomic mass is 32.2. The Labute approximate surface area is 148 Å². The number of ether oxygens (including phenoxy) is 1. The van der Waals surface area contributed by atoms with E-state index in [4.69, 9.17) is 4.74 Å². The molecular weight excluding hydrogens is 340 g/mol. The van der Waals surface area contributed by atoms with E-state index in [1.54, 1.807) is 19.4 Å². The molecule has 0 radical (unpaired) electrons. The van der Waals surface area contributed by atoms with Gasteiger partial charge in [-0.2, -0.15) is 0 Å². The normalized spacial score (nSPS) is 15.3. The van der Waals surface area contributed by atoms with Gasteiger partial charge in [0.2, 0.25) is 10.0 Å². The number of benzene rings is 1. The minimum absolute atomic E-state index is 0.218. The van der Waals surface area contributed by atoms with Gasteiger partial charge in [0.05, 0.1) is 12.8 Å². The maximum absolute atomic E-state index is 12.2. The SMILES string of the molecule is CNS(=O)(=O)c1cnccc1N1CCN(c2ccc(OC)cc2)CC1. The van der Waals surface area contributed by atoms with Crippen molar-refractivity contribution in [3.05, 3.63) is 42.7 Å². The lowest BCUT2D eigenvalue weighted by molar-refractivity contribution is 0.415. The summed E-state index contributed by atoms with van der Waals surface area (Å²) in [6.07, 6.45) is 3.02. The monoisotopic (exact) mass is 362 g/mol. The zero-order valence-corrected chi connectivity index (χ0v) is 15.2. The minimum atomic E-state index is -3.53. The molecule has 0 unspecified atom stereocenters. The van der Waals surface area contributed by atoms with E-state index < -0.39 is 10.0 Å². The van der Waals surface area contributed by atoms with Gasteiger partial charge in [-0.1, -0.05) is 0 Å². The Balaban J connectivity index is 1.74. The molecule has 134 valence electrons. The topological polar surface area (TPSA) is 74.8 Å². The predicted octanol–water partition coefficient (Wildman–Crippen LogP) is 1.32.